The van der Waals surface area contributed by atoms with E-state index in [4.69, 9.17) is 0 Å². The van der Waals surface area contributed by atoms with Crippen molar-refractivity contribution in [3.8, 4) is 11.8 Å². The lowest BCUT2D eigenvalue weighted by atomic mass is 9.77. The number of hydrogen-bond donors (Lipinski definition) is 0. The van der Waals surface area contributed by atoms with E-state index in [0.717, 1.165) is 62.3 Å². The van der Waals surface area contributed by atoms with E-state index < -0.39 is 11.6 Å². The molecule has 1 aromatic carbocycles. The molecule has 2 aliphatic carbocycles. The molecule has 0 bridgehead atoms. The smallest absolute Gasteiger partial charge is 0.142 e. The number of hydrogen-bond acceptors (Lipinski definition) is 0. The molecule has 2 aliphatic rings. The van der Waals surface area contributed by atoms with Gasteiger partial charge in [0.15, 0.2) is 0 Å². The van der Waals surface area contributed by atoms with Crippen LogP contribution in [0, 0.1) is 41.2 Å². The van der Waals surface area contributed by atoms with Crippen LogP contribution in [-0.4, -0.2) is 0 Å². The number of unbranched alkanes of at least 4 members (excludes halogenated alkanes) is 1. The maximum absolute atomic E-state index is 14.7. The fourth-order valence-electron chi connectivity index (χ4n) is 5.17. The van der Waals surface area contributed by atoms with Crippen molar-refractivity contribution in [3.05, 3.63) is 47.5 Å². The van der Waals surface area contributed by atoms with Gasteiger partial charge in [-0.2, -0.15) is 0 Å². The molecule has 0 unspecified atom stereocenters. The van der Waals surface area contributed by atoms with E-state index >= 15 is 0 Å². The molecule has 2 fully saturated rings. The van der Waals surface area contributed by atoms with Crippen molar-refractivity contribution in [3.63, 3.8) is 0 Å². The maximum atomic E-state index is 14.7. The van der Waals surface area contributed by atoms with Crippen LogP contribution < -0.4 is 0 Å². The van der Waals surface area contributed by atoms with Crippen molar-refractivity contribution in [2.24, 2.45) is 17.8 Å². The van der Waals surface area contributed by atoms with Gasteiger partial charge >= 0.3 is 0 Å². The highest BCUT2D eigenvalue weighted by molar-refractivity contribution is 5.40. The first-order chi connectivity index (χ1) is 14.1. The van der Waals surface area contributed by atoms with Crippen LogP contribution in [0.2, 0.25) is 0 Å². The highest BCUT2D eigenvalue weighted by Crippen LogP contribution is 2.38. The van der Waals surface area contributed by atoms with Crippen LogP contribution in [0.15, 0.2) is 24.8 Å². The van der Waals surface area contributed by atoms with Gasteiger partial charge in [-0.25, -0.2) is 8.78 Å². The zero-order valence-corrected chi connectivity index (χ0v) is 18.0. The van der Waals surface area contributed by atoms with E-state index in [-0.39, 0.29) is 17.4 Å². The average molecular weight is 399 g/mol. The van der Waals surface area contributed by atoms with E-state index in [2.05, 4.69) is 25.3 Å². The van der Waals surface area contributed by atoms with Gasteiger partial charge in [-0.05, 0) is 99.7 Å². The van der Waals surface area contributed by atoms with Crippen LogP contribution >= 0.6 is 0 Å². The molecule has 0 aliphatic heterocycles. The van der Waals surface area contributed by atoms with Crippen LogP contribution in [0.25, 0.3) is 0 Å². The second-order valence-electron chi connectivity index (χ2n) is 9.19. The zero-order chi connectivity index (χ0) is 20.6. The van der Waals surface area contributed by atoms with Gasteiger partial charge in [0.2, 0.25) is 0 Å². The third-order valence-corrected chi connectivity index (χ3v) is 7.23. The molecule has 158 valence electrons. The summed E-state index contributed by atoms with van der Waals surface area (Å²) in [6, 6.07) is 3.09. The van der Waals surface area contributed by atoms with Gasteiger partial charge in [0, 0.05) is 5.92 Å². The summed E-state index contributed by atoms with van der Waals surface area (Å²) in [5.41, 5.74) is 0.781. The highest BCUT2D eigenvalue weighted by Gasteiger charge is 2.24. The molecule has 29 heavy (non-hydrogen) atoms. The van der Waals surface area contributed by atoms with Crippen molar-refractivity contribution >= 4 is 0 Å². The Labute approximate surface area is 176 Å². The molecule has 0 nitrogen and oxygen atoms in total. The Morgan fingerprint density at radius 3 is 2.17 bits per heavy atom. The maximum Gasteiger partial charge on any atom is 0.142 e. The zero-order valence-electron chi connectivity index (χ0n) is 18.0. The minimum Gasteiger partial charge on any atom is -0.206 e. The van der Waals surface area contributed by atoms with Gasteiger partial charge in [-0.15, -0.1) is 6.58 Å². The van der Waals surface area contributed by atoms with Crippen LogP contribution in [0.5, 0.6) is 0 Å². The molecule has 3 rings (SSSR count). The van der Waals surface area contributed by atoms with E-state index in [0.29, 0.717) is 0 Å². The standard InChI is InChI=1S/C27H36F2/c1-3-5-6-7-21-12-15-23(16-13-21)24-18-26(28)25(27(29)19-24)17-14-22-10-8-20(4-2)9-11-22/h3,18-23H,1,4-13,15-16H2,2H3/t20-,21-,22-,23-. The van der Waals surface area contributed by atoms with E-state index in [1.165, 1.54) is 32.1 Å². The first-order valence-electron chi connectivity index (χ1n) is 11.7. The van der Waals surface area contributed by atoms with Gasteiger partial charge < -0.3 is 0 Å². The monoisotopic (exact) mass is 398 g/mol. The number of allylic oxidation sites excluding steroid dienone is 1. The quantitative estimate of drug-likeness (QED) is 0.257. The molecule has 0 spiro atoms. The van der Waals surface area contributed by atoms with Gasteiger partial charge in [-0.1, -0.05) is 37.7 Å². The largest absolute Gasteiger partial charge is 0.206 e. The molecule has 1 aromatic rings. The Kier molecular flexibility index (Phi) is 8.34. The minimum absolute atomic E-state index is 0.0375. The summed E-state index contributed by atoms with van der Waals surface area (Å²) in [4.78, 5) is 0. The molecule has 0 aromatic heterocycles. The third-order valence-electron chi connectivity index (χ3n) is 7.23. The molecule has 0 amide bonds. The summed E-state index contributed by atoms with van der Waals surface area (Å²) in [6.45, 7) is 6.02. The molecule has 0 atom stereocenters. The second-order valence-corrected chi connectivity index (χ2v) is 9.19. The van der Waals surface area contributed by atoms with Gasteiger partial charge in [-0.3, -0.25) is 0 Å². The average Bonchev–Trinajstić information content (AvgIpc) is 2.74. The van der Waals surface area contributed by atoms with E-state index in [1.807, 2.05) is 6.08 Å². The lowest BCUT2D eigenvalue weighted by molar-refractivity contribution is 0.305. The Morgan fingerprint density at radius 2 is 1.59 bits per heavy atom. The highest BCUT2D eigenvalue weighted by atomic mass is 19.1. The molecule has 2 heteroatoms. The third kappa shape index (κ3) is 6.18. The first kappa shape index (κ1) is 22.1. The van der Waals surface area contributed by atoms with Crippen LogP contribution in [0.1, 0.15) is 101 Å². The molecular formula is C27H36F2. The van der Waals surface area contributed by atoms with Crippen molar-refractivity contribution in [1.29, 1.82) is 0 Å². The molecule has 0 saturated heterocycles. The molecule has 0 radical (unpaired) electrons. The van der Waals surface area contributed by atoms with Crippen molar-refractivity contribution in [2.75, 3.05) is 0 Å². The number of benzene rings is 1. The Hall–Kier alpha value is -1.62. The van der Waals surface area contributed by atoms with Gasteiger partial charge in [0.1, 0.15) is 11.6 Å². The molecule has 0 heterocycles. The topological polar surface area (TPSA) is 0 Å². The minimum atomic E-state index is -0.483. The predicted molar refractivity (Wildman–Crippen MR) is 118 cm³/mol. The summed E-state index contributed by atoms with van der Waals surface area (Å²) >= 11 is 0. The Balaban J connectivity index is 1.59. The van der Waals surface area contributed by atoms with Crippen molar-refractivity contribution in [2.45, 2.75) is 89.9 Å². The summed E-state index contributed by atoms with van der Waals surface area (Å²) in [5.74, 6) is 7.16. The number of halogens is 2. The fourth-order valence-corrected chi connectivity index (χ4v) is 5.17. The van der Waals surface area contributed by atoms with Crippen LogP contribution in [0.4, 0.5) is 8.78 Å². The molecular weight excluding hydrogens is 362 g/mol. The summed E-state index contributed by atoms with van der Waals surface area (Å²) in [5, 5.41) is 0. The lowest BCUT2D eigenvalue weighted by Gasteiger charge is -2.29. The first-order valence-corrected chi connectivity index (χ1v) is 11.7. The van der Waals surface area contributed by atoms with E-state index in [1.54, 1.807) is 12.1 Å². The van der Waals surface area contributed by atoms with Crippen LogP contribution in [-0.2, 0) is 0 Å². The summed E-state index contributed by atoms with van der Waals surface area (Å²) in [7, 11) is 0. The predicted octanol–water partition coefficient (Wildman–Crippen LogP) is 8.16. The fraction of sp³-hybridized carbons (Fsp3) is 0.630. The Morgan fingerprint density at radius 1 is 0.966 bits per heavy atom. The van der Waals surface area contributed by atoms with Crippen LogP contribution in [0.3, 0.4) is 0 Å². The van der Waals surface area contributed by atoms with E-state index in [9.17, 15) is 8.78 Å². The lowest BCUT2D eigenvalue weighted by Crippen LogP contribution is -2.14. The SMILES string of the molecule is C=CCCC[C@H]1CC[C@H](c2cc(F)c(C#C[C@H]3CC[C@H](CC)CC3)c(F)c2)CC1. The van der Waals surface area contributed by atoms with Gasteiger partial charge in [0.05, 0.1) is 5.56 Å². The Bertz CT molecular complexity index is 700. The molecule has 0 N–H and O–H groups in total. The normalized spacial score (nSPS) is 27.1. The molecule has 2 saturated carbocycles. The van der Waals surface area contributed by atoms with Crippen molar-refractivity contribution < 1.29 is 8.78 Å². The second kappa shape index (κ2) is 11.0. The van der Waals surface area contributed by atoms with Gasteiger partial charge in [0.25, 0.3) is 0 Å². The summed E-state index contributed by atoms with van der Waals surface area (Å²) < 4.78 is 29.3. The number of rotatable bonds is 6. The summed E-state index contributed by atoms with van der Waals surface area (Å²) in [6.07, 6.45) is 15.6. The van der Waals surface area contributed by atoms with Crippen molar-refractivity contribution in [1.82, 2.24) is 0 Å².